The minimum atomic E-state index is 0.331. The number of anilines is 2. The van der Waals surface area contributed by atoms with Crippen molar-refractivity contribution in [2.45, 2.75) is 0 Å². The molecule has 0 radical (unpaired) electrons. The highest BCUT2D eigenvalue weighted by atomic mass is 32.1. The maximum Gasteiger partial charge on any atom is 0.230 e. The molecule has 0 aliphatic carbocycles. The van der Waals surface area contributed by atoms with Crippen LogP contribution in [0.1, 0.15) is 0 Å². The van der Waals surface area contributed by atoms with E-state index in [0.717, 1.165) is 28.4 Å². The maximum atomic E-state index is 5.63. The van der Waals surface area contributed by atoms with Crippen molar-refractivity contribution < 1.29 is 9.47 Å². The molecular weight excluding hydrogens is 468 g/mol. The first kappa shape index (κ1) is 23.1. The molecule has 3 N–H and O–H groups in total. The second kappa shape index (κ2) is 10.7. The Hall–Kier alpha value is -4.02. The second-order valence-corrected chi connectivity index (χ2v) is 7.76. The van der Waals surface area contributed by atoms with Crippen molar-refractivity contribution in [3.05, 3.63) is 83.6 Å². The molecule has 8 nitrogen and oxygen atoms in total. The van der Waals surface area contributed by atoms with Crippen LogP contribution in [0.4, 0.5) is 11.6 Å². The fourth-order valence-electron chi connectivity index (χ4n) is 3.12. The monoisotopic (exact) mass is 490 g/mol. The van der Waals surface area contributed by atoms with Gasteiger partial charge in [0.25, 0.3) is 0 Å². The van der Waals surface area contributed by atoms with Gasteiger partial charge in [-0.15, -0.1) is 0 Å². The highest BCUT2D eigenvalue weighted by Crippen LogP contribution is 2.22. The average molecular weight is 491 g/mol. The summed E-state index contributed by atoms with van der Waals surface area (Å²) in [4.78, 5) is 9.24. The van der Waals surface area contributed by atoms with Gasteiger partial charge in [-0.2, -0.15) is 9.97 Å². The number of nitrogens with zero attached hydrogens (tertiary/aromatic N) is 3. The average Bonchev–Trinajstić information content (AvgIpc) is 2.88. The van der Waals surface area contributed by atoms with E-state index in [1.807, 2.05) is 78.9 Å². The van der Waals surface area contributed by atoms with Crippen molar-refractivity contribution >= 4 is 41.2 Å². The van der Waals surface area contributed by atoms with E-state index in [4.69, 9.17) is 38.9 Å². The number of hydrogen-bond donors (Lipinski definition) is 3. The van der Waals surface area contributed by atoms with Crippen LogP contribution in [0.5, 0.6) is 11.5 Å². The fraction of sp³-hybridized carbons (Fsp3) is 0.0833. The van der Waals surface area contributed by atoms with Gasteiger partial charge in [-0.3, -0.25) is 15.4 Å². The number of hydrazine groups is 1. The first-order chi connectivity index (χ1) is 16.6. The summed E-state index contributed by atoms with van der Waals surface area (Å²) >= 11 is 11.1. The van der Waals surface area contributed by atoms with Crippen molar-refractivity contribution in [1.82, 2.24) is 20.0 Å². The molecule has 10 heteroatoms. The Morgan fingerprint density at radius 3 is 2.06 bits per heavy atom. The maximum absolute atomic E-state index is 5.63. The lowest BCUT2D eigenvalue weighted by Crippen LogP contribution is -2.35. The lowest BCUT2D eigenvalue weighted by Gasteiger charge is -2.17. The topological polar surface area (TPSA) is 85.3 Å². The molecule has 0 saturated carbocycles. The Balaban J connectivity index is 1.62. The summed E-state index contributed by atoms with van der Waals surface area (Å²) in [6.07, 6.45) is 0. The standard InChI is InChI=1S/C24H22N6O2S2/c1-31-19-12-8-17(9-13-19)25-23(33)29-28-22-26-21(16-6-4-3-5-7-16)27-24(34)30(22)18-10-14-20(32-2)15-11-18/h3-15H,1-2H3,(H2,25,29,33)(H,26,27,28,34). The largest absolute Gasteiger partial charge is 0.497 e. The predicted octanol–water partition coefficient (Wildman–Crippen LogP) is 4.99. The van der Waals surface area contributed by atoms with E-state index in [9.17, 15) is 0 Å². The van der Waals surface area contributed by atoms with Crippen molar-refractivity contribution in [3.8, 4) is 28.6 Å². The van der Waals surface area contributed by atoms with Gasteiger partial charge in [-0.1, -0.05) is 30.3 Å². The zero-order valence-corrected chi connectivity index (χ0v) is 20.1. The first-order valence-corrected chi connectivity index (χ1v) is 11.1. The van der Waals surface area contributed by atoms with Crippen LogP contribution in [0.15, 0.2) is 78.9 Å². The van der Waals surface area contributed by atoms with Gasteiger partial charge in [0.1, 0.15) is 11.5 Å². The van der Waals surface area contributed by atoms with Gasteiger partial charge in [0, 0.05) is 11.3 Å². The molecule has 0 aliphatic heterocycles. The van der Waals surface area contributed by atoms with E-state index in [2.05, 4.69) is 21.2 Å². The van der Waals surface area contributed by atoms with E-state index in [1.165, 1.54) is 0 Å². The van der Waals surface area contributed by atoms with Crippen LogP contribution < -0.4 is 25.6 Å². The summed E-state index contributed by atoms with van der Waals surface area (Å²) in [5, 5.41) is 3.45. The van der Waals surface area contributed by atoms with E-state index in [1.54, 1.807) is 18.8 Å². The van der Waals surface area contributed by atoms with Crippen molar-refractivity contribution in [2.75, 3.05) is 25.0 Å². The Bertz CT molecular complexity index is 1330. The molecule has 0 spiro atoms. The molecule has 0 aliphatic rings. The van der Waals surface area contributed by atoms with Crippen molar-refractivity contribution in [3.63, 3.8) is 0 Å². The van der Waals surface area contributed by atoms with Crippen LogP contribution in [0.3, 0.4) is 0 Å². The number of thiocarbonyl (C=S) groups is 1. The highest BCUT2D eigenvalue weighted by Gasteiger charge is 2.12. The zero-order chi connectivity index (χ0) is 23.9. The molecular formula is C24H22N6O2S2. The molecule has 0 amide bonds. The Morgan fingerprint density at radius 2 is 1.44 bits per heavy atom. The molecule has 0 saturated heterocycles. The second-order valence-electron chi connectivity index (χ2n) is 6.99. The van der Waals surface area contributed by atoms with Crippen molar-refractivity contribution in [2.24, 2.45) is 0 Å². The van der Waals surface area contributed by atoms with Gasteiger partial charge in [0.15, 0.2) is 10.9 Å². The van der Waals surface area contributed by atoms with Gasteiger partial charge in [0.2, 0.25) is 10.7 Å². The fourth-order valence-corrected chi connectivity index (χ4v) is 3.57. The molecule has 34 heavy (non-hydrogen) atoms. The summed E-state index contributed by atoms with van der Waals surface area (Å²) in [7, 11) is 3.24. The minimum absolute atomic E-state index is 0.331. The smallest absolute Gasteiger partial charge is 0.230 e. The lowest BCUT2D eigenvalue weighted by atomic mass is 10.2. The van der Waals surface area contributed by atoms with Crippen molar-refractivity contribution in [1.29, 1.82) is 0 Å². The summed E-state index contributed by atoms with van der Waals surface area (Å²) < 4.78 is 12.5. The van der Waals surface area contributed by atoms with E-state index < -0.39 is 0 Å². The molecule has 4 rings (SSSR count). The number of aromatic nitrogens is 3. The summed E-state index contributed by atoms with van der Waals surface area (Å²) in [6.45, 7) is 0. The third-order valence-electron chi connectivity index (χ3n) is 4.81. The number of nitrogens with one attached hydrogen (secondary N) is 3. The molecule has 4 aromatic rings. The molecule has 3 aromatic carbocycles. The zero-order valence-electron chi connectivity index (χ0n) is 18.5. The van der Waals surface area contributed by atoms with E-state index in [0.29, 0.717) is 21.7 Å². The molecule has 0 unspecified atom stereocenters. The van der Waals surface area contributed by atoms with Gasteiger partial charge in [0.05, 0.1) is 19.9 Å². The third-order valence-corrected chi connectivity index (χ3v) is 5.29. The van der Waals surface area contributed by atoms with E-state index >= 15 is 0 Å². The molecule has 172 valence electrons. The molecule has 1 heterocycles. The quantitative estimate of drug-likeness (QED) is 0.245. The SMILES string of the molecule is COc1ccc(NC(=S)NNc2nc(-c3ccccc3)nc(=S)n2-c2ccc(OC)cc2)cc1. The third kappa shape index (κ3) is 5.48. The number of hydrogen-bond acceptors (Lipinski definition) is 7. The van der Waals surface area contributed by atoms with Crippen LogP contribution in [-0.2, 0) is 0 Å². The Morgan fingerprint density at radius 1 is 0.824 bits per heavy atom. The molecule has 0 fully saturated rings. The molecule has 0 atom stereocenters. The van der Waals surface area contributed by atoms with Gasteiger partial charge in [-0.25, -0.2) is 0 Å². The lowest BCUT2D eigenvalue weighted by molar-refractivity contribution is 0.414. The summed E-state index contributed by atoms with van der Waals surface area (Å²) in [6, 6.07) is 24.5. The van der Waals surface area contributed by atoms with Gasteiger partial charge in [-0.05, 0) is 73.0 Å². The summed E-state index contributed by atoms with van der Waals surface area (Å²) in [5.41, 5.74) is 8.46. The van der Waals surface area contributed by atoms with Crippen LogP contribution in [0.2, 0.25) is 0 Å². The van der Waals surface area contributed by atoms with Crippen LogP contribution in [-0.4, -0.2) is 33.9 Å². The predicted molar refractivity (Wildman–Crippen MR) is 140 cm³/mol. The van der Waals surface area contributed by atoms with Gasteiger partial charge < -0.3 is 14.8 Å². The van der Waals surface area contributed by atoms with Gasteiger partial charge >= 0.3 is 0 Å². The van der Waals surface area contributed by atoms with Crippen LogP contribution in [0.25, 0.3) is 17.1 Å². The first-order valence-electron chi connectivity index (χ1n) is 10.3. The summed E-state index contributed by atoms with van der Waals surface area (Å²) in [5.74, 6) is 2.40. The number of methoxy groups -OCH3 is 2. The normalized spacial score (nSPS) is 10.3. The Kier molecular flexibility index (Phi) is 7.31. The molecule has 1 aromatic heterocycles. The number of ether oxygens (including phenoxy) is 2. The van der Waals surface area contributed by atoms with Crippen LogP contribution >= 0.6 is 24.4 Å². The van der Waals surface area contributed by atoms with E-state index in [-0.39, 0.29) is 0 Å². The Labute approximate surface area is 207 Å². The molecule has 0 bridgehead atoms. The minimum Gasteiger partial charge on any atom is -0.497 e. The van der Waals surface area contributed by atoms with Crippen LogP contribution in [0, 0.1) is 4.77 Å². The number of rotatable bonds is 7. The highest BCUT2D eigenvalue weighted by molar-refractivity contribution is 7.80. The number of benzene rings is 3.